The van der Waals surface area contributed by atoms with E-state index in [2.05, 4.69) is 5.10 Å². The molecule has 0 saturated heterocycles. The molecule has 6 nitrogen and oxygen atoms in total. The minimum atomic E-state index is -0.429. The van der Waals surface area contributed by atoms with Gasteiger partial charge >= 0.3 is 0 Å². The molecular formula is C22H21N3O3S. The lowest BCUT2D eigenvalue weighted by molar-refractivity contribution is 0.271. The molecule has 2 heterocycles. The molecule has 0 bridgehead atoms. The predicted molar refractivity (Wildman–Crippen MR) is 114 cm³/mol. The van der Waals surface area contributed by atoms with Gasteiger partial charge in [-0.15, -0.1) is 11.3 Å². The highest BCUT2D eigenvalue weighted by atomic mass is 32.1. The van der Waals surface area contributed by atoms with Crippen LogP contribution in [0.25, 0.3) is 0 Å². The quantitative estimate of drug-likeness (QED) is 0.549. The largest absolute Gasteiger partial charge is 0.490 e. The second-order valence-electron chi connectivity index (χ2n) is 6.32. The lowest BCUT2D eigenvalue weighted by Crippen LogP contribution is -2.22. The SMILES string of the molecule is CCOc1cc(C=Nn2c(C)cc(C)c(C#N)c2=O)ccc1OCc1cccs1. The third-order valence-corrected chi connectivity index (χ3v) is 5.06. The van der Waals surface area contributed by atoms with E-state index in [4.69, 9.17) is 9.47 Å². The smallest absolute Gasteiger partial charge is 0.289 e. The molecule has 0 aliphatic heterocycles. The molecule has 148 valence electrons. The Morgan fingerprint density at radius 1 is 1.21 bits per heavy atom. The highest BCUT2D eigenvalue weighted by molar-refractivity contribution is 7.09. The predicted octanol–water partition coefficient (Wildman–Crippen LogP) is 4.26. The van der Waals surface area contributed by atoms with Gasteiger partial charge in [0.1, 0.15) is 18.2 Å². The van der Waals surface area contributed by atoms with E-state index in [-0.39, 0.29) is 5.56 Å². The van der Waals surface area contributed by atoms with E-state index >= 15 is 0 Å². The van der Waals surface area contributed by atoms with Crippen molar-refractivity contribution in [2.75, 3.05) is 6.61 Å². The summed E-state index contributed by atoms with van der Waals surface area (Å²) in [6.07, 6.45) is 1.57. The van der Waals surface area contributed by atoms with E-state index in [1.165, 1.54) is 4.68 Å². The fraction of sp³-hybridized carbons (Fsp3) is 0.227. The number of thiophene rings is 1. The van der Waals surface area contributed by atoms with Gasteiger partial charge in [0.15, 0.2) is 11.5 Å². The average molecular weight is 407 g/mol. The summed E-state index contributed by atoms with van der Waals surface area (Å²) < 4.78 is 12.8. The van der Waals surface area contributed by atoms with Crippen LogP contribution in [-0.2, 0) is 6.61 Å². The van der Waals surface area contributed by atoms with Crippen LogP contribution in [0.1, 0.15) is 34.2 Å². The zero-order valence-corrected chi connectivity index (χ0v) is 17.3. The summed E-state index contributed by atoms with van der Waals surface area (Å²) >= 11 is 1.63. The third kappa shape index (κ3) is 4.73. The minimum Gasteiger partial charge on any atom is -0.490 e. The van der Waals surface area contributed by atoms with Crippen LogP contribution in [0.3, 0.4) is 0 Å². The van der Waals surface area contributed by atoms with Crippen molar-refractivity contribution in [2.45, 2.75) is 27.4 Å². The van der Waals surface area contributed by atoms with Crippen molar-refractivity contribution in [2.24, 2.45) is 5.10 Å². The Morgan fingerprint density at radius 3 is 2.72 bits per heavy atom. The van der Waals surface area contributed by atoms with Crippen molar-refractivity contribution in [1.82, 2.24) is 4.68 Å². The average Bonchev–Trinajstić information content (AvgIpc) is 3.21. The molecule has 0 unspecified atom stereocenters. The Balaban J connectivity index is 1.87. The van der Waals surface area contributed by atoms with Gasteiger partial charge in [-0.05, 0) is 67.6 Å². The van der Waals surface area contributed by atoms with E-state index in [1.54, 1.807) is 37.5 Å². The molecule has 2 aromatic heterocycles. The Kier molecular flexibility index (Phi) is 6.47. The van der Waals surface area contributed by atoms with Crippen LogP contribution >= 0.6 is 11.3 Å². The highest BCUT2D eigenvalue weighted by Crippen LogP contribution is 2.29. The van der Waals surface area contributed by atoms with Gasteiger partial charge in [0.05, 0.1) is 12.8 Å². The summed E-state index contributed by atoms with van der Waals surface area (Å²) in [4.78, 5) is 13.6. The zero-order chi connectivity index (χ0) is 20.8. The third-order valence-electron chi connectivity index (χ3n) is 4.21. The van der Waals surface area contributed by atoms with Crippen LogP contribution in [0, 0.1) is 25.2 Å². The number of hydrogen-bond donors (Lipinski definition) is 0. The summed E-state index contributed by atoms with van der Waals surface area (Å²) in [5.41, 5.74) is 1.72. The molecule has 0 radical (unpaired) electrons. The van der Waals surface area contributed by atoms with E-state index < -0.39 is 5.56 Å². The van der Waals surface area contributed by atoms with Crippen LogP contribution < -0.4 is 15.0 Å². The van der Waals surface area contributed by atoms with Crippen molar-refractivity contribution in [1.29, 1.82) is 5.26 Å². The van der Waals surface area contributed by atoms with Crippen molar-refractivity contribution < 1.29 is 9.47 Å². The first-order valence-electron chi connectivity index (χ1n) is 9.13. The van der Waals surface area contributed by atoms with Gasteiger partial charge in [-0.2, -0.15) is 10.4 Å². The molecule has 0 fully saturated rings. The van der Waals surface area contributed by atoms with Crippen LogP contribution in [0.5, 0.6) is 11.5 Å². The van der Waals surface area contributed by atoms with Gasteiger partial charge in [0.2, 0.25) is 0 Å². The van der Waals surface area contributed by atoms with Crippen molar-refractivity contribution in [3.8, 4) is 17.6 Å². The number of rotatable bonds is 7. The number of nitrogens with zero attached hydrogens (tertiary/aromatic N) is 3. The number of aromatic nitrogens is 1. The Bertz CT molecular complexity index is 1130. The van der Waals surface area contributed by atoms with E-state index in [1.807, 2.05) is 48.7 Å². The van der Waals surface area contributed by atoms with Gasteiger partial charge in [-0.1, -0.05) is 6.07 Å². The zero-order valence-electron chi connectivity index (χ0n) is 16.5. The number of ether oxygens (including phenoxy) is 2. The molecular weight excluding hydrogens is 386 g/mol. The molecule has 1 aromatic carbocycles. The summed E-state index contributed by atoms with van der Waals surface area (Å²) in [5, 5.41) is 15.5. The highest BCUT2D eigenvalue weighted by Gasteiger charge is 2.10. The van der Waals surface area contributed by atoms with Gasteiger partial charge in [0, 0.05) is 10.6 Å². The Hall–Kier alpha value is -3.37. The first-order chi connectivity index (χ1) is 14.0. The molecule has 0 aliphatic rings. The molecule has 29 heavy (non-hydrogen) atoms. The molecule has 7 heteroatoms. The van der Waals surface area contributed by atoms with Gasteiger partial charge in [-0.3, -0.25) is 4.79 Å². The van der Waals surface area contributed by atoms with Crippen molar-refractivity contribution >= 4 is 17.6 Å². The second-order valence-corrected chi connectivity index (χ2v) is 7.36. The summed E-state index contributed by atoms with van der Waals surface area (Å²) in [6.45, 7) is 6.39. The lowest BCUT2D eigenvalue weighted by atomic mass is 10.1. The minimum absolute atomic E-state index is 0.0973. The van der Waals surface area contributed by atoms with Crippen molar-refractivity contribution in [3.63, 3.8) is 0 Å². The Morgan fingerprint density at radius 2 is 2.03 bits per heavy atom. The normalized spacial score (nSPS) is 10.8. The van der Waals surface area contributed by atoms with Crippen LogP contribution in [-0.4, -0.2) is 17.5 Å². The maximum absolute atomic E-state index is 12.5. The number of pyridine rings is 1. The lowest BCUT2D eigenvalue weighted by Gasteiger charge is -2.12. The first kappa shape index (κ1) is 20.4. The van der Waals surface area contributed by atoms with Crippen LogP contribution in [0.2, 0.25) is 0 Å². The number of benzene rings is 1. The van der Waals surface area contributed by atoms with E-state index in [0.717, 1.165) is 10.4 Å². The van der Waals surface area contributed by atoms with Gasteiger partial charge < -0.3 is 9.47 Å². The number of hydrogen-bond acceptors (Lipinski definition) is 6. The first-order valence-corrected chi connectivity index (χ1v) is 10.0. The number of aryl methyl sites for hydroxylation is 2. The fourth-order valence-corrected chi connectivity index (χ4v) is 3.44. The standard InChI is InChI=1S/C22H21N3O3S/c1-4-27-21-11-17(7-8-20(21)28-14-18-6-5-9-29-18)13-24-25-16(3)10-15(2)19(12-23)22(25)26/h5-11,13H,4,14H2,1-3H3. The summed E-state index contributed by atoms with van der Waals surface area (Å²) in [7, 11) is 0. The maximum Gasteiger partial charge on any atom is 0.289 e. The molecule has 0 saturated carbocycles. The molecule has 0 spiro atoms. The number of nitriles is 1. The van der Waals surface area contributed by atoms with Crippen molar-refractivity contribution in [3.05, 3.63) is 79.4 Å². The molecule has 0 aliphatic carbocycles. The van der Waals surface area contributed by atoms with Crippen LogP contribution in [0.15, 0.2) is 51.7 Å². The fourth-order valence-electron chi connectivity index (χ4n) is 2.82. The summed E-state index contributed by atoms with van der Waals surface area (Å²) in [6, 6.07) is 13.2. The molecule has 3 rings (SSSR count). The van der Waals surface area contributed by atoms with E-state index in [9.17, 15) is 10.1 Å². The van der Waals surface area contributed by atoms with Gasteiger partial charge in [0.25, 0.3) is 5.56 Å². The topological polar surface area (TPSA) is 76.6 Å². The van der Waals surface area contributed by atoms with E-state index in [0.29, 0.717) is 36.0 Å². The maximum atomic E-state index is 12.5. The molecule has 0 atom stereocenters. The van der Waals surface area contributed by atoms with Gasteiger partial charge in [-0.25, -0.2) is 4.68 Å². The van der Waals surface area contributed by atoms with Crippen LogP contribution in [0.4, 0.5) is 0 Å². The molecule has 0 N–H and O–H groups in total. The molecule has 3 aromatic rings. The second kappa shape index (κ2) is 9.22. The molecule has 0 amide bonds. The summed E-state index contributed by atoms with van der Waals surface area (Å²) in [5.74, 6) is 1.26. The monoisotopic (exact) mass is 407 g/mol. The Labute approximate surface area is 173 Å².